The Hall–Kier alpha value is -1.60. The molecule has 1 aromatic heterocycles. The number of aliphatic hydroxyl groups is 1. The molecule has 4 heteroatoms. The molecule has 0 atom stereocenters. The molecule has 0 amide bonds. The van der Waals surface area contributed by atoms with Crippen LogP contribution in [0.25, 0.3) is 0 Å². The van der Waals surface area contributed by atoms with E-state index in [0.717, 1.165) is 12.1 Å². The maximum absolute atomic E-state index is 9.85. The number of rotatable bonds is 2. The molecule has 0 bridgehead atoms. The number of hydrogen-bond acceptors (Lipinski definition) is 4. The topological polar surface area (TPSA) is 60.1 Å². The van der Waals surface area contributed by atoms with Crippen LogP contribution < -0.4 is 4.90 Å². The molecule has 0 unspecified atom stereocenters. The smallest absolute Gasteiger partial charge is 0.142 e. The first kappa shape index (κ1) is 9.94. The Morgan fingerprint density at radius 1 is 1.67 bits per heavy atom. The lowest BCUT2D eigenvalue weighted by atomic mass is 9.91. The molecule has 0 spiro atoms. The van der Waals surface area contributed by atoms with Gasteiger partial charge in [0, 0.05) is 25.0 Å². The van der Waals surface area contributed by atoms with Crippen LogP contribution in [-0.4, -0.2) is 28.8 Å². The maximum Gasteiger partial charge on any atom is 0.142 e. The molecular weight excluding hydrogens is 190 g/mol. The third kappa shape index (κ3) is 1.79. The van der Waals surface area contributed by atoms with Crippen molar-refractivity contribution in [3.05, 3.63) is 24.0 Å². The lowest BCUT2D eigenvalue weighted by molar-refractivity contribution is 0.00852. The van der Waals surface area contributed by atoms with Gasteiger partial charge >= 0.3 is 0 Å². The number of nitrogens with zero attached hydrogens (tertiary/aromatic N) is 3. The molecule has 0 radical (unpaired) electrons. The van der Waals surface area contributed by atoms with Crippen LogP contribution >= 0.6 is 0 Å². The molecule has 15 heavy (non-hydrogen) atoms. The lowest BCUT2D eigenvalue weighted by Gasteiger charge is -2.47. The van der Waals surface area contributed by atoms with E-state index in [1.165, 1.54) is 0 Å². The first-order valence-corrected chi connectivity index (χ1v) is 5.00. The molecule has 0 aliphatic carbocycles. The fourth-order valence-corrected chi connectivity index (χ4v) is 1.75. The average molecular weight is 203 g/mol. The van der Waals surface area contributed by atoms with E-state index < -0.39 is 5.60 Å². The Bertz CT molecular complexity index is 405. The highest BCUT2D eigenvalue weighted by Crippen LogP contribution is 2.29. The standard InChI is InChI=1S/C11H13N3O/c1-2-11(15)7-14(8-11)10-3-4-13-9(5-10)6-12/h3-5,15H,2,7-8H2,1H3. The van der Waals surface area contributed by atoms with Gasteiger partial charge in [-0.05, 0) is 18.6 Å². The van der Waals surface area contributed by atoms with Crippen LogP contribution in [-0.2, 0) is 0 Å². The predicted molar refractivity (Wildman–Crippen MR) is 56.4 cm³/mol. The molecule has 1 aromatic rings. The minimum Gasteiger partial charge on any atom is -0.386 e. The molecule has 1 aliphatic rings. The number of pyridine rings is 1. The highest BCUT2D eigenvalue weighted by atomic mass is 16.3. The second-order valence-corrected chi connectivity index (χ2v) is 3.95. The summed E-state index contributed by atoms with van der Waals surface area (Å²) in [5.74, 6) is 0. The van der Waals surface area contributed by atoms with Crippen molar-refractivity contribution >= 4 is 5.69 Å². The van der Waals surface area contributed by atoms with Crippen LogP contribution in [0.3, 0.4) is 0 Å². The van der Waals surface area contributed by atoms with E-state index in [1.54, 1.807) is 12.3 Å². The second kappa shape index (κ2) is 3.52. The van der Waals surface area contributed by atoms with Crippen molar-refractivity contribution in [3.63, 3.8) is 0 Å². The third-order valence-electron chi connectivity index (χ3n) is 2.85. The van der Waals surface area contributed by atoms with E-state index in [-0.39, 0.29) is 0 Å². The van der Waals surface area contributed by atoms with Crippen LogP contribution in [0.15, 0.2) is 18.3 Å². The molecule has 1 N–H and O–H groups in total. The summed E-state index contributed by atoms with van der Waals surface area (Å²) in [5.41, 5.74) is 0.829. The molecule has 2 rings (SSSR count). The minimum absolute atomic E-state index is 0.416. The fraction of sp³-hybridized carbons (Fsp3) is 0.455. The molecule has 1 fully saturated rings. The van der Waals surface area contributed by atoms with Gasteiger partial charge in [-0.3, -0.25) is 0 Å². The minimum atomic E-state index is -0.546. The summed E-state index contributed by atoms with van der Waals surface area (Å²) in [6.07, 6.45) is 2.39. The van der Waals surface area contributed by atoms with Gasteiger partial charge in [-0.1, -0.05) is 6.92 Å². The van der Waals surface area contributed by atoms with Crippen LogP contribution in [0.4, 0.5) is 5.69 Å². The summed E-state index contributed by atoms with van der Waals surface area (Å²) in [7, 11) is 0. The van der Waals surface area contributed by atoms with Crippen molar-refractivity contribution in [3.8, 4) is 6.07 Å². The van der Waals surface area contributed by atoms with E-state index in [2.05, 4.69) is 4.98 Å². The Balaban J connectivity index is 2.10. The summed E-state index contributed by atoms with van der Waals surface area (Å²) >= 11 is 0. The van der Waals surface area contributed by atoms with E-state index in [0.29, 0.717) is 18.8 Å². The van der Waals surface area contributed by atoms with Gasteiger partial charge in [0.1, 0.15) is 11.8 Å². The zero-order chi connectivity index (χ0) is 10.9. The molecule has 2 heterocycles. The van der Waals surface area contributed by atoms with Gasteiger partial charge in [0.15, 0.2) is 0 Å². The van der Waals surface area contributed by atoms with Gasteiger partial charge < -0.3 is 10.0 Å². The Kier molecular flexibility index (Phi) is 2.33. The monoisotopic (exact) mass is 203 g/mol. The first-order valence-electron chi connectivity index (χ1n) is 5.00. The lowest BCUT2D eigenvalue weighted by Crippen LogP contribution is -2.61. The highest BCUT2D eigenvalue weighted by Gasteiger charge is 2.39. The summed E-state index contributed by atoms with van der Waals surface area (Å²) in [6.45, 7) is 3.25. The van der Waals surface area contributed by atoms with Crippen molar-refractivity contribution in [1.82, 2.24) is 4.98 Å². The van der Waals surface area contributed by atoms with E-state index >= 15 is 0 Å². The summed E-state index contributed by atoms with van der Waals surface area (Å²) in [6, 6.07) is 5.61. The Labute approximate surface area is 88.8 Å². The number of aromatic nitrogens is 1. The number of hydrogen-bond donors (Lipinski definition) is 1. The summed E-state index contributed by atoms with van der Waals surface area (Å²) in [4.78, 5) is 5.95. The van der Waals surface area contributed by atoms with Crippen molar-refractivity contribution in [1.29, 1.82) is 5.26 Å². The summed E-state index contributed by atoms with van der Waals surface area (Å²) < 4.78 is 0. The van der Waals surface area contributed by atoms with Crippen LogP contribution in [0.1, 0.15) is 19.0 Å². The Morgan fingerprint density at radius 3 is 3.00 bits per heavy atom. The quantitative estimate of drug-likeness (QED) is 0.776. The van der Waals surface area contributed by atoms with Crippen molar-refractivity contribution < 1.29 is 5.11 Å². The number of nitriles is 1. The molecule has 0 saturated carbocycles. The zero-order valence-electron chi connectivity index (χ0n) is 8.64. The van der Waals surface area contributed by atoms with E-state index in [4.69, 9.17) is 5.26 Å². The van der Waals surface area contributed by atoms with Crippen molar-refractivity contribution in [2.24, 2.45) is 0 Å². The van der Waals surface area contributed by atoms with Gasteiger partial charge in [-0.25, -0.2) is 4.98 Å². The second-order valence-electron chi connectivity index (χ2n) is 3.95. The number of β-amino-alcohol motifs (C(OH)–C–C–N with tert-alkyl or cyclic N) is 1. The molecular formula is C11H13N3O. The normalized spacial score (nSPS) is 18.1. The summed E-state index contributed by atoms with van der Waals surface area (Å²) in [5, 5.41) is 18.6. The molecule has 4 nitrogen and oxygen atoms in total. The first-order chi connectivity index (χ1) is 7.17. The SMILES string of the molecule is CCC1(O)CN(c2ccnc(C#N)c2)C1. The van der Waals surface area contributed by atoms with Gasteiger partial charge in [0.25, 0.3) is 0 Å². The van der Waals surface area contributed by atoms with Crippen LogP contribution in [0.5, 0.6) is 0 Å². The Morgan fingerprint density at radius 2 is 2.40 bits per heavy atom. The van der Waals surface area contributed by atoms with Gasteiger partial charge in [-0.15, -0.1) is 0 Å². The molecule has 1 aliphatic heterocycles. The molecule has 1 saturated heterocycles. The highest BCUT2D eigenvalue weighted by molar-refractivity contribution is 5.52. The molecule has 0 aromatic carbocycles. The van der Waals surface area contributed by atoms with Gasteiger partial charge in [0.2, 0.25) is 0 Å². The third-order valence-corrected chi connectivity index (χ3v) is 2.85. The van der Waals surface area contributed by atoms with Gasteiger partial charge in [0.05, 0.1) is 5.60 Å². The van der Waals surface area contributed by atoms with Crippen molar-refractivity contribution in [2.75, 3.05) is 18.0 Å². The fourth-order valence-electron chi connectivity index (χ4n) is 1.75. The zero-order valence-corrected chi connectivity index (χ0v) is 8.64. The van der Waals surface area contributed by atoms with Gasteiger partial charge in [-0.2, -0.15) is 5.26 Å². The van der Waals surface area contributed by atoms with E-state index in [9.17, 15) is 5.11 Å². The maximum atomic E-state index is 9.85. The molecule has 78 valence electrons. The van der Waals surface area contributed by atoms with E-state index in [1.807, 2.05) is 24.0 Å². The predicted octanol–water partition coefficient (Wildman–Crippen LogP) is 0.914. The van der Waals surface area contributed by atoms with Crippen LogP contribution in [0, 0.1) is 11.3 Å². The van der Waals surface area contributed by atoms with Crippen molar-refractivity contribution in [2.45, 2.75) is 18.9 Å². The van der Waals surface area contributed by atoms with Crippen LogP contribution in [0.2, 0.25) is 0 Å². The largest absolute Gasteiger partial charge is 0.386 e. The number of anilines is 1. The average Bonchev–Trinajstić information content (AvgIpc) is 2.25.